The first-order valence-electron chi connectivity index (χ1n) is 13.0. The minimum Gasteiger partial charge on any atom is -0.460 e. The Balaban J connectivity index is 1.35. The molecule has 0 bridgehead atoms. The monoisotopic (exact) mass is 491 g/mol. The molecule has 0 spiro atoms. The van der Waals surface area contributed by atoms with E-state index in [-0.39, 0.29) is 31.2 Å². The molecule has 0 radical (unpaired) electrons. The lowest BCUT2D eigenvalue weighted by Crippen LogP contribution is -2.64. The van der Waals surface area contributed by atoms with Crippen molar-refractivity contribution in [1.29, 1.82) is 0 Å². The first-order chi connectivity index (χ1) is 17.4. The standard InChI is InChI=1S/C28H33N3O5/c1-18-12-21-24(36-18)14-22-26(32)31(15-19-10-11-23-25(13-19)35-17-34-23)28(2,16-30(21)22)27(33)29-20-8-6-4-3-5-7-9-20/h10-14,20H,3-9,15-17H2,1-2H3,(H,29,33)/t28-/m1/s1. The van der Waals surface area contributed by atoms with Gasteiger partial charge in [0.15, 0.2) is 17.1 Å². The smallest absolute Gasteiger partial charge is 0.271 e. The summed E-state index contributed by atoms with van der Waals surface area (Å²) in [6, 6.07) is 9.55. The summed E-state index contributed by atoms with van der Waals surface area (Å²) < 4.78 is 18.8. The molecule has 36 heavy (non-hydrogen) atoms. The second-order valence-electron chi connectivity index (χ2n) is 10.6. The number of nitrogens with zero attached hydrogens (tertiary/aromatic N) is 2. The van der Waals surface area contributed by atoms with Gasteiger partial charge in [0.2, 0.25) is 12.7 Å². The van der Waals surface area contributed by atoms with Gasteiger partial charge in [0.1, 0.15) is 17.0 Å². The van der Waals surface area contributed by atoms with E-state index in [0.29, 0.717) is 29.3 Å². The van der Waals surface area contributed by atoms with Crippen molar-refractivity contribution in [3.63, 3.8) is 0 Å². The molecule has 6 rings (SSSR count). The lowest BCUT2D eigenvalue weighted by atomic mass is 9.91. The van der Waals surface area contributed by atoms with Crippen LogP contribution in [0.4, 0.5) is 0 Å². The van der Waals surface area contributed by atoms with Gasteiger partial charge in [-0.25, -0.2) is 0 Å². The van der Waals surface area contributed by atoms with E-state index in [4.69, 9.17) is 13.9 Å². The molecule has 2 aromatic heterocycles. The first kappa shape index (κ1) is 23.0. The van der Waals surface area contributed by atoms with E-state index < -0.39 is 5.54 Å². The van der Waals surface area contributed by atoms with Gasteiger partial charge in [-0.2, -0.15) is 0 Å². The lowest BCUT2D eigenvalue weighted by molar-refractivity contribution is -0.134. The van der Waals surface area contributed by atoms with Crippen molar-refractivity contribution >= 4 is 22.9 Å². The lowest BCUT2D eigenvalue weighted by Gasteiger charge is -2.44. The van der Waals surface area contributed by atoms with E-state index >= 15 is 0 Å². The van der Waals surface area contributed by atoms with Gasteiger partial charge in [-0.05, 0) is 44.4 Å². The van der Waals surface area contributed by atoms with Crippen molar-refractivity contribution in [3.8, 4) is 11.5 Å². The van der Waals surface area contributed by atoms with Crippen LogP contribution in [-0.2, 0) is 17.9 Å². The summed E-state index contributed by atoms with van der Waals surface area (Å²) in [5.41, 5.74) is 1.88. The Hall–Kier alpha value is -3.42. The molecule has 8 heteroatoms. The molecule has 190 valence electrons. The van der Waals surface area contributed by atoms with Crippen LogP contribution in [0.15, 0.2) is 34.7 Å². The Kier molecular flexibility index (Phi) is 5.69. The number of benzene rings is 1. The van der Waals surface area contributed by atoms with Crippen molar-refractivity contribution < 1.29 is 23.5 Å². The molecule has 2 aliphatic heterocycles. The Labute approximate surface area is 210 Å². The van der Waals surface area contributed by atoms with Gasteiger partial charge in [0.05, 0.1) is 12.1 Å². The van der Waals surface area contributed by atoms with Crippen LogP contribution in [0, 0.1) is 6.92 Å². The van der Waals surface area contributed by atoms with Crippen LogP contribution in [0.3, 0.4) is 0 Å². The number of rotatable bonds is 4. The first-order valence-corrected chi connectivity index (χ1v) is 13.0. The van der Waals surface area contributed by atoms with Gasteiger partial charge in [-0.3, -0.25) is 9.59 Å². The molecule has 1 N–H and O–H groups in total. The highest BCUT2D eigenvalue weighted by atomic mass is 16.7. The molecule has 0 unspecified atom stereocenters. The predicted molar refractivity (Wildman–Crippen MR) is 134 cm³/mol. The average molecular weight is 492 g/mol. The van der Waals surface area contributed by atoms with Gasteiger partial charge in [-0.1, -0.05) is 38.2 Å². The minimum absolute atomic E-state index is 0.102. The summed E-state index contributed by atoms with van der Waals surface area (Å²) in [5, 5.41) is 3.34. The average Bonchev–Trinajstić information content (AvgIpc) is 3.53. The van der Waals surface area contributed by atoms with Gasteiger partial charge in [0, 0.05) is 24.7 Å². The van der Waals surface area contributed by atoms with Crippen LogP contribution in [-0.4, -0.2) is 39.7 Å². The second-order valence-corrected chi connectivity index (χ2v) is 10.6. The summed E-state index contributed by atoms with van der Waals surface area (Å²) in [6.45, 7) is 4.62. The topological polar surface area (TPSA) is 85.9 Å². The third kappa shape index (κ3) is 3.92. The Morgan fingerprint density at radius 1 is 1.06 bits per heavy atom. The van der Waals surface area contributed by atoms with Crippen molar-refractivity contribution in [2.24, 2.45) is 0 Å². The van der Waals surface area contributed by atoms with Crippen LogP contribution >= 0.6 is 0 Å². The summed E-state index contributed by atoms with van der Waals surface area (Å²) in [7, 11) is 0. The van der Waals surface area contributed by atoms with E-state index in [1.807, 2.05) is 42.7 Å². The molecule has 3 aromatic rings. The van der Waals surface area contributed by atoms with E-state index in [1.54, 1.807) is 11.0 Å². The molecule has 1 fully saturated rings. The largest absolute Gasteiger partial charge is 0.460 e. The van der Waals surface area contributed by atoms with Crippen LogP contribution in [0.5, 0.6) is 11.5 Å². The molecule has 1 atom stereocenters. The summed E-state index contributed by atoms with van der Waals surface area (Å²) in [4.78, 5) is 29.7. The molecular weight excluding hydrogens is 458 g/mol. The molecule has 2 amide bonds. The third-order valence-electron chi connectivity index (χ3n) is 7.95. The van der Waals surface area contributed by atoms with Crippen LogP contribution in [0.2, 0.25) is 0 Å². The van der Waals surface area contributed by atoms with Gasteiger partial charge in [0.25, 0.3) is 5.91 Å². The third-order valence-corrected chi connectivity index (χ3v) is 7.95. The fourth-order valence-corrected chi connectivity index (χ4v) is 5.87. The normalized spacial score (nSPS) is 22.4. The number of ether oxygens (including phenoxy) is 2. The predicted octanol–water partition coefficient (Wildman–Crippen LogP) is 4.92. The van der Waals surface area contributed by atoms with E-state index in [2.05, 4.69) is 5.32 Å². The highest BCUT2D eigenvalue weighted by Crippen LogP contribution is 2.37. The zero-order valence-corrected chi connectivity index (χ0v) is 21.0. The highest BCUT2D eigenvalue weighted by molar-refractivity contribution is 6.03. The maximum Gasteiger partial charge on any atom is 0.271 e. The zero-order valence-electron chi connectivity index (χ0n) is 21.0. The van der Waals surface area contributed by atoms with Crippen molar-refractivity contribution in [2.45, 2.75) is 83.5 Å². The Morgan fingerprint density at radius 3 is 2.61 bits per heavy atom. The number of carbonyl (C=O) groups is 2. The van der Waals surface area contributed by atoms with E-state index in [0.717, 1.165) is 42.5 Å². The zero-order chi connectivity index (χ0) is 24.9. The number of carbonyl (C=O) groups excluding carboxylic acids is 2. The molecule has 0 saturated heterocycles. The quantitative estimate of drug-likeness (QED) is 0.560. The van der Waals surface area contributed by atoms with Gasteiger partial charge >= 0.3 is 0 Å². The number of fused-ring (bicyclic) bond motifs is 4. The summed E-state index contributed by atoms with van der Waals surface area (Å²) >= 11 is 0. The number of amides is 2. The maximum atomic E-state index is 14.0. The molecule has 1 aromatic carbocycles. The minimum atomic E-state index is -1.07. The number of aromatic nitrogens is 1. The summed E-state index contributed by atoms with van der Waals surface area (Å²) in [6.07, 6.45) is 7.91. The van der Waals surface area contributed by atoms with E-state index in [9.17, 15) is 9.59 Å². The van der Waals surface area contributed by atoms with E-state index in [1.165, 1.54) is 19.3 Å². The van der Waals surface area contributed by atoms with Crippen molar-refractivity contribution in [3.05, 3.63) is 47.3 Å². The fraction of sp³-hybridized carbons (Fsp3) is 0.500. The molecule has 4 heterocycles. The number of hydrogen-bond acceptors (Lipinski definition) is 5. The summed E-state index contributed by atoms with van der Waals surface area (Å²) in [5.74, 6) is 1.85. The number of aryl methyl sites for hydroxylation is 1. The van der Waals surface area contributed by atoms with Crippen molar-refractivity contribution in [1.82, 2.24) is 14.8 Å². The highest BCUT2D eigenvalue weighted by Gasteiger charge is 2.48. The van der Waals surface area contributed by atoms with Crippen LogP contribution < -0.4 is 14.8 Å². The Morgan fingerprint density at radius 2 is 1.81 bits per heavy atom. The van der Waals surface area contributed by atoms with Gasteiger partial charge < -0.3 is 28.7 Å². The molecular formula is C28H33N3O5. The molecule has 8 nitrogen and oxygen atoms in total. The number of nitrogens with one attached hydrogen (secondary N) is 1. The molecule has 3 aliphatic rings. The number of hydrogen-bond donors (Lipinski definition) is 1. The second kappa shape index (κ2) is 8.91. The fourth-order valence-electron chi connectivity index (χ4n) is 5.87. The van der Waals surface area contributed by atoms with Crippen molar-refractivity contribution in [2.75, 3.05) is 6.79 Å². The number of furan rings is 1. The van der Waals surface area contributed by atoms with Gasteiger partial charge in [-0.15, -0.1) is 0 Å². The Bertz CT molecular complexity index is 1320. The SMILES string of the molecule is Cc1cc2c(cc3n2C[C@](C)(C(=O)NC2CCCCCCC2)N(Cc2ccc4c(c2)OCO4)C3=O)o1. The van der Waals surface area contributed by atoms with Crippen LogP contribution in [0.1, 0.15) is 73.7 Å². The molecule has 1 aliphatic carbocycles. The van der Waals surface area contributed by atoms with Crippen LogP contribution in [0.25, 0.3) is 11.1 Å². The maximum absolute atomic E-state index is 14.0. The molecule has 1 saturated carbocycles.